The molecule has 0 unspecified atom stereocenters. The number of fused-ring (bicyclic) bond motifs is 1. The van der Waals surface area contributed by atoms with E-state index in [1.807, 2.05) is 0 Å². The van der Waals surface area contributed by atoms with Crippen LogP contribution < -0.4 is 5.32 Å². The third-order valence-corrected chi connectivity index (χ3v) is 5.75. The summed E-state index contributed by atoms with van der Waals surface area (Å²) < 4.78 is 12.1. The minimum absolute atomic E-state index is 0.0374. The number of nitrogens with zero attached hydrogens (tertiary/aromatic N) is 5. The molecule has 1 aliphatic carbocycles. The van der Waals surface area contributed by atoms with Crippen LogP contribution in [0.15, 0.2) is 16.9 Å². The monoisotopic (exact) mass is 388 g/mol. The Bertz CT molecular complexity index is 892. The second-order valence-electron chi connectivity index (χ2n) is 7.72. The normalized spacial score (nSPS) is 26.5. The smallest absolute Gasteiger partial charge is 0.254 e. The van der Waals surface area contributed by atoms with Gasteiger partial charge >= 0.3 is 0 Å². The van der Waals surface area contributed by atoms with Crippen LogP contribution in [0.4, 0.5) is 0 Å². The fourth-order valence-corrected chi connectivity index (χ4v) is 4.52. The highest BCUT2D eigenvalue weighted by atomic mass is 16.5. The van der Waals surface area contributed by atoms with Gasteiger partial charge in [-0.1, -0.05) is 5.16 Å². The van der Waals surface area contributed by atoms with Crippen LogP contribution in [-0.2, 0) is 22.0 Å². The summed E-state index contributed by atoms with van der Waals surface area (Å²) >= 11 is 0. The summed E-state index contributed by atoms with van der Waals surface area (Å²) in [5.41, 5.74) is 0.0801. The maximum absolute atomic E-state index is 12.5. The minimum Gasteiger partial charge on any atom is -0.375 e. The van der Waals surface area contributed by atoms with E-state index in [1.54, 1.807) is 35.9 Å². The number of rotatable bonds is 5. The van der Waals surface area contributed by atoms with Crippen LogP contribution in [0.2, 0.25) is 0 Å². The van der Waals surface area contributed by atoms with E-state index in [4.69, 9.17) is 9.26 Å². The second-order valence-corrected chi connectivity index (χ2v) is 7.72. The number of methoxy groups -OCH3 is 1. The number of aryl methyl sites for hydroxylation is 2. The molecule has 2 aliphatic rings. The summed E-state index contributed by atoms with van der Waals surface area (Å²) in [5, 5.41) is 11.1. The number of carbonyl (C=O) groups excluding carboxylic acids is 2. The summed E-state index contributed by atoms with van der Waals surface area (Å²) in [6.07, 6.45) is 4.62. The van der Waals surface area contributed by atoms with Crippen molar-refractivity contribution in [3.63, 3.8) is 0 Å². The van der Waals surface area contributed by atoms with Gasteiger partial charge in [0.15, 0.2) is 5.82 Å². The average molecular weight is 388 g/mol. The first-order chi connectivity index (χ1) is 13.4. The molecule has 0 spiro atoms. The van der Waals surface area contributed by atoms with Crippen LogP contribution in [0.1, 0.15) is 34.9 Å². The highest BCUT2D eigenvalue weighted by molar-refractivity contribution is 5.93. The second kappa shape index (κ2) is 7.01. The Balaban J connectivity index is 1.54. The van der Waals surface area contributed by atoms with E-state index in [1.165, 1.54) is 7.11 Å². The standard InChI is InChI=1S/C18H24N6O4/c1-11-20-17(28-22-11)18-5-14(21-16(26)12-6-19-23(2)7-12)4-13(18)8-24(10-18)15(25)9-27-3/h6-7,13-14H,4-5,8-10H2,1-3H3,(H,21,26)/t13-,14+,18-/m0/s1. The molecular weight excluding hydrogens is 364 g/mol. The summed E-state index contributed by atoms with van der Waals surface area (Å²) in [5.74, 6) is 1.03. The van der Waals surface area contributed by atoms with Crippen LogP contribution in [0, 0.1) is 12.8 Å². The molecule has 2 amide bonds. The lowest BCUT2D eigenvalue weighted by molar-refractivity contribution is -0.134. The van der Waals surface area contributed by atoms with Crippen LogP contribution in [0.25, 0.3) is 0 Å². The Kier molecular flexibility index (Phi) is 4.66. The lowest BCUT2D eigenvalue weighted by Crippen LogP contribution is -2.40. The van der Waals surface area contributed by atoms with E-state index in [0.29, 0.717) is 36.8 Å². The van der Waals surface area contributed by atoms with Crippen molar-refractivity contribution in [2.45, 2.75) is 31.2 Å². The summed E-state index contributed by atoms with van der Waals surface area (Å²) in [4.78, 5) is 31.2. The first-order valence-corrected chi connectivity index (χ1v) is 9.28. The molecule has 28 heavy (non-hydrogen) atoms. The number of carbonyl (C=O) groups is 2. The highest BCUT2D eigenvalue weighted by Gasteiger charge is 2.58. The number of amides is 2. The first kappa shape index (κ1) is 18.6. The van der Waals surface area contributed by atoms with Gasteiger partial charge in [-0.2, -0.15) is 10.1 Å². The van der Waals surface area contributed by atoms with Gasteiger partial charge in [0.25, 0.3) is 5.91 Å². The Morgan fingerprint density at radius 1 is 1.46 bits per heavy atom. The molecule has 1 saturated heterocycles. The molecule has 1 aliphatic heterocycles. The quantitative estimate of drug-likeness (QED) is 0.769. The molecule has 3 atom stereocenters. The third kappa shape index (κ3) is 3.17. The van der Waals surface area contributed by atoms with E-state index in [0.717, 1.165) is 6.42 Å². The van der Waals surface area contributed by atoms with Crippen molar-refractivity contribution in [1.82, 2.24) is 30.1 Å². The van der Waals surface area contributed by atoms with E-state index in [2.05, 4.69) is 20.6 Å². The van der Waals surface area contributed by atoms with Crippen molar-refractivity contribution < 1.29 is 18.8 Å². The summed E-state index contributed by atoms with van der Waals surface area (Å²) in [7, 11) is 3.28. The summed E-state index contributed by atoms with van der Waals surface area (Å²) in [6, 6.07) is -0.0374. The molecule has 2 fully saturated rings. The van der Waals surface area contributed by atoms with E-state index in [9.17, 15) is 9.59 Å². The van der Waals surface area contributed by atoms with Gasteiger partial charge in [-0.05, 0) is 25.7 Å². The van der Waals surface area contributed by atoms with Crippen molar-refractivity contribution in [2.24, 2.45) is 13.0 Å². The Hall–Kier alpha value is -2.75. The Labute approximate surface area is 162 Å². The predicted molar refractivity (Wildman–Crippen MR) is 96.4 cm³/mol. The van der Waals surface area contributed by atoms with Gasteiger partial charge in [0.1, 0.15) is 6.61 Å². The zero-order chi connectivity index (χ0) is 19.9. The molecule has 1 N–H and O–H groups in total. The number of aromatic nitrogens is 4. The summed E-state index contributed by atoms with van der Waals surface area (Å²) in [6.45, 7) is 2.90. The number of nitrogens with one attached hydrogen (secondary N) is 1. The topological polar surface area (TPSA) is 115 Å². The number of hydrogen-bond donors (Lipinski definition) is 1. The predicted octanol–water partition coefficient (Wildman–Crippen LogP) is 0.0465. The molecule has 2 aromatic heterocycles. The van der Waals surface area contributed by atoms with Crippen LogP contribution >= 0.6 is 0 Å². The molecular formula is C18H24N6O4. The van der Waals surface area contributed by atoms with Gasteiger partial charge in [0.05, 0.1) is 17.2 Å². The first-order valence-electron chi connectivity index (χ1n) is 9.28. The molecule has 3 heterocycles. The molecule has 0 aromatic carbocycles. The molecule has 0 radical (unpaired) electrons. The van der Waals surface area contributed by atoms with Crippen LogP contribution in [0.5, 0.6) is 0 Å². The Morgan fingerprint density at radius 3 is 2.93 bits per heavy atom. The van der Waals surface area contributed by atoms with E-state index < -0.39 is 5.41 Å². The molecule has 0 bridgehead atoms. The molecule has 10 nitrogen and oxygen atoms in total. The van der Waals surface area contributed by atoms with Gasteiger partial charge in [-0.15, -0.1) is 0 Å². The van der Waals surface area contributed by atoms with Gasteiger partial charge in [0.2, 0.25) is 11.8 Å². The van der Waals surface area contributed by atoms with E-state index in [-0.39, 0.29) is 30.4 Å². The molecule has 150 valence electrons. The van der Waals surface area contributed by atoms with Crippen LogP contribution in [0.3, 0.4) is 0 Å². The third-order valence-electron chi connectivity index (χ3n) is 5.75. The number of likely N-dealkylation sites (tertiary alicyclic amines) is 1. The Morgan fingerprint density at radius 2 is 2.29 bits per heavy atom. The van der Waals surface area contributed by atoms with E-state index >= 15 is 0 Å². The van der Waals surface area contributed by atoms with Crippen LogP contribution in [-0.4, -0.2) is 69.5 Å². The van der Waals surface area contributed by atoms with Crippen molar-refractivity contribution in [3.8, 4) is 0 Å². The molecule has 4 rings (SSSR count). The van der Waals surface area contributed by atoms with Gasteiger partial charge in [0, 0.05) is 39.5 Å². The van der Waals surface area contributed by atoms with Gasteiger partial charge in [-0.3, -0.25) is 14.3 Å². The van der Waals surface area contributed by atoms with Crippen molar-refractivity contribution in [1.29, 1.82) is 0 Å². The van der Waals surface area contributed by atoms with Crippen molar-refractivity contribution in [3.05, 3.63) is 29.7 Å². The number of ether oxygens (including phenoxy) is 1. The maximum atomic E-state index is 12.5. The lowest BCUT2D eigenvalue weighted by Gasteiger charge is -2.25. The van der Waals surface area contributed by atoms with Crippen molar-refractivity contribution >= 4 is 11.8 Å². The SMILES string of the molecule is COCC(=O)N1C[C@@H]2C[C@@H](NC(=O)c3cnn(C)c3)C[C@]2(c2nc(C)no2)C1. The molecule has 2 aromatic rings. The van der Waals surface area contributed by atoms with Gasteiger partial charge in [-0.25, -0.2) is 0 Å². The average Bonchev–Trinajstić information content (AvgIpc) is 3.38. The maximum Gasteiger partial charge on any atom is 0.254 e. The fourth-order valence-electron chi connectivity index (χ4n) is 4.52. The molecule has 10 heteroatoms. The zero-order valence-corrected chi connectivity index (χ0v) is 16.2. The zero-order valence-electron chi connectivity index (χ0n) is 16.2. The molecule has 1 saturated carbocycles. The largest absolute Gasteiger partial charge is 0.375 e. The number of hydrogen-bond acceptors (Lipinski definition) is 7. The fraction of sp³-hybridized carbons (Fsp3) is 0.611. The minimum atomic E-state index is -0.447. The lowest BCUT2D eigenvalue weighted by atomic mass is 9.80. The highest BCUT2D eigenvalue weighted by Crippen LogP contribution is 2.50. The van der Waals surface area contributed by atoms with Gasteiger partial charge < -0.3 is 19.5 Å². The van der Waals surface area contributed by atoms with Crippen molar-refractivity contribution in [2.75, 3.05) is 26.8 Å².